The van der Waals surface area contributed by atoms with Crippen molar-refractivity contribution in [1.29, 1.82) is 0 Å². The number of hydrogen-bond acceptors (Lipinski definition) is 5. The van der Waals surface area contributed by atoms with Gasteiger partial charge in [-0.2, -0.15) is 0 Å². The van der Waals surface area contributed by atoms with Gasteiger partial charge in [0.15, 0.2) is 5.78 Å². The van der Waals surface area contributed by atoms with Gasteiger partial charge in [-0.15, -0.1) is 0 Å². The van der Waals surface area contributed by atoms with Gasteiger partial charge in [-0.05, 0) is 35.6 Å². The minimum Gasteiger partial charge on any atom is -0.497 e. The molecule has 0 saturated carbocycles. The molecule has 0 N–H and O–H groups in total. The first-order chi connectivity index (χ1) is 15.1. The third-order valence-corrected chi connectivity index (χ3v) is 6.32. The normalized spacial score (nSPS) is 20.2. The number of halogens is 1. The summed E-state index contributed by atoms with van der Waals surface area (Å²) in [6.45, 7) is 3.98. The summed E-state index contributed by atoms with van der Waals surface area (Å²) in [4.78, 5) is 38.8. The first-order valence-corrected chi connectivity index (χ1v) is 10.7. The molecule has 0 bridgehead atoms. The van der Waals surface area contributed by atoms with E-state index in [2.05, 4.69) is 0 Å². The molecule has 1 amide bonds. The number of Topliss-reactive ketones (excluding diaryl/α,β-unsaturated/α-hetero) is 1. The third kappa shape index (κ3) is 3.88. The van der Waals surface area contributed by atoms with Gasteiger partial charge in [0, 0.05) is 42.2 Å². The van der Waals surface area contributed by atoms with E-state index in [1.807, 2.05) is 38.1 Å². The molecule has 0 aromatic heterocycles. The molecule has 2 aromatic carbocycles. The van der Waals surface area contributed by atoms with Crippen LogP contribution in [0.25, 0.3) is 0 Å². The standard InChI is InChI=1S/C24H23ClN2O5/c1-24(2)12-20-23(21(28)13-24)17(14-5-4-6-16(9-14)32-3)11-22(29)26(20)19-8-7-15(27(30)31)10-18(19)25/h4-10,17H,11-13H2,1-3H3. The Kier molecular flexibility index (Phi) is 5.54. The zero-order chi connectivity index (χ0) is 23.2. The molecule has 0 saturated heterocycles. The van der Waals surface area contributed by atoms with Crippen molar-refractivity contribution in [2.24, 2.45) is 5.41 Å². The summed E-state index contributed by atoms with van der Waals surface area (Å²) in [7, 11) is 1.57. The van der Waals surface area contributed by atoms with Crippen molar-refractivity contribution in [2.45, 2.75) is 39.0 Å². The third-order valence-electron chi connectivity index (χ3n) is 6.02. The number of hydrogen-bond donors (Lipinski definition) is 0. The average Bonchev–Trinajstić information content (AvgIpc) is 2.72. The van der Waals surface area contributed by atoms with E-state index in [1.54, 1.807) is 7.11 Å². The molecule has 1 heterocycles. The first kappa shape index (κ1) is 22.0. The zero-order valence-electron chi connectivity index (χ0n) is 18.1. The van der Waals surface area contributed by atoms with Gasteiger partial charge in [-0.1, -0.05) is 37.6 Å². The molecule has 4 rings (SSSR count). The maximum absolute atomic E-state index is 13.4. The number of anilines is 1. The minimum absolute atomic E-state index is 0.000367. The van der Waals surface area contributed by atoms with Crippen LogP contribution in [0.5, 0.6) is 5.75 Å². The molecule has 2 aliphatic rings. The number of ketones is 1. The summed E-state index contributed by atoms with van der Waals surface area (Å²) in [6, 6.07) is 11.4. The molecule has 0 fully saturated rings. The lowest BCUT2D eigenvalue weighted by atomic mass is 9.69. The summed E-state index contributed by atoms with van der Waals surface area (Å²) in [5.74, 6) is 0.0585. The first-order valence-electron chi connectivity index (χ1n) is 10.3. The Bertz CT molecular complexity index is 1170. The highest BCUT2D eigenvalue weighted by atomic mass is 35.5. The Morgan fingerprint density at radius 3 is 2.56 bits per heavy atom. The van der Waals surface area contributed by atoms with Crippen LogP contribution < -0.4 is 9.64 Å². The van der Waals surface area contributed by atoms with E-state index >= 15 is 0 Å². The summed E-state index contributed by atoms with van der Waals surface area (Å²) in [5, 5.41) is 11.2. The predicted octanol–water partition coefficient (Wildman–Crippen LogP) is 5.42. The molecule has 32 heavy (non-hydrogen) atoms. The fourth-order valence-corrected chi connectivity index (χ4v) is 4.89. The second kappa shape index (κ2) is 8.06. The zero-order valence-corrected chi connectivity index (χ0v) is 18.8. The number of non-ortho nitro benzene ring substituents is 1. The van der Waals surface area contributed by atoms with Crippen LogP contribution in [-0.4, -0.2) is 23.7 Å². The van der Waals surface area contributed by atoms with Gasteiger partial charge >= 0.3 is 0 Å². The van der Waals surface area contributed by atoms with Crippen LogP contribution in [-0.2, 0) is 9.59 Å². The molecular formula is C24H23ClN2O5. The van der Waals surface area contributed by atoms with Gasteiger partial charge in [0.25, 0.3) is 5.69 Å². The number of benzene rings is 2. The largest absolute Gasteiger partial charge is 0.497 e. The van der Waals surface area contributed by atoms with Crippen molar-refractivity contribution >= 4 is 34.7 Å². The molecule has 0 radical (unpaired) electrons. The lowest BCUT2D eigenvalue weighted by Crippen LogP contribution is -2.43. The Balaban J connectivity index is 1.89. The quantitative estimate of drug-likeness (QED) is 0.454. The average molecular weight is 455 g/mol. The fraction of sp³-hybridized carbons (Fsp3) is 0.333. The number of nitro groups is 1. The van der Waals surface area contributed by atoms with E-state index < -0.39 is 4.92 Å². The Hall–Kier alpha value is -3.19. The molecule has 0 spiro atoms. The van der Waals surface area contributed by atoms with Gasteiger partial charge in [0.05, 0.1) is 22.7 Å². The van der Waals surface area contributed by atoms with Crippen LogP contribution in [0.3, 0.4) is 0 Å². The van der Waals surface area contributed by atoms with Crippen molar-refractivity contribution in [1.82, 2.24) is 0 Å². The van der Waals surface area contributed by atoms with Crippen molar-refractivity contribution in [3.8, 4) is 5.75 Å². The molecule has 166 valence electrons. The summed E-state index contributed by atoms with van der Waals surface area (Å²) < 4.78 is 5.34. The minimum atomic E-state index is -0.537. The molecule has 8 heteroatoms. The highest BCUT2D eigenvalue weighted by Crippen LogP contribution is 2.49. The van der Waals surface area contributed by atoms with Crippen molar-refractivity contribution in [3.63, 3.8) is 0 Å². The van der Waals surface area contributed by atoms with Gasteiger partial charge < -0.3 is 4.74 Å². The molecule has 2 aromatic rings. The highest BCUT2D eigenvalue weighted by Gasteiger charge is 2.44. The van der Waals surface area contributed by atoms with Gasteiger partial charge in [-0.3, -0.25) is 24.6 Å². The van der Waals surface area contributed by atoms with Crippen LogP contribution in [0.4, 0.5) is 11.4 Å². The summed E-state index contributed by atoms with van der Waals surface area (Å²) in [5.41, 5.74) is 1.92. The Morgan fingerprint density at radius 1 is 1.16 bits per heavy atom. The second-order valence-electron chi connectivity index (χ2n) is 8.96. The molecular weight excluding hydrogens is 432 g/mol. The topological polar surface area (TPSA) is 89.8 Å². The van der Waals surface area contributed by atoms with Crippen molar-refractivity contribution in [2.75, 3.05) is 12.0 Å². The number of nitro benzene ring substituents is 1. The number of amides is 1. The number of nitrogens with zero attached hydrogens (tertiary/aromatic N) is 2. The maximum Gasteiger partial charge on any atom is 0.271 e. The fourth-order valence-electron chi connectivity index (χ4n) is 4.63. The van der Waals surface area contributed by atoms with Crippen LogP contribution >= 0.6 is 11.6 Å². The highest BCUT2D eigenvalue weighted by molar-refractivity contribution is 6.34. The number of carbonyl (C=O) groups is 2. The summed E-state index contributed by atoms with van der Waals surface area (Å²) in [6.07, 6.45) is 0.974. The monoisotopic (exact) mass is 454 g/mol. The lowest BCUT2D eigenvalue weighted by Gasteiger charge is -2.43. The summed E-state index contributed by atoms with van der Waals surface area (Å²) >= 11 is 6.38. The number of rotatable bonds is 4. The van der Waals surface area contributed by atoms with Crippen LogP contribution in [0, 0.1) is 15.5 Å². The number of allylic oxidation sites excluding steroid dienone is 2. The van der Waals surface area contributed by atoms with Gasteiger partial charge in [0.1, 0.15) is 5.75 Å². The molecule has 7 nitrogen and oxygen atoms in total. The van der Waals surface area contributed by atoms with E-state index in [0.29, 0.717) is 35.5 Å². The molecule has 1 aliphatic heterocycles. The van der Waals surface area contributed by atoms with E-state index in [1.165, 1.54) is 23.1 Å². The SMILES string of the molecule is COc1cccc(C2CC(=O)N(c3ccc([N+](=O)[O-])cc3Cl)C3=C2C(=O)CC(C)(C)C3)c1. The van der Waals surface area contributed by atoms with Crippen LogP contribution in [0.15, 0.2) is 53.7 Å². The van der Waals surface area contributed by atoms with E-state index in [4.69, 9.17) is 16.3 Å². The smallest absolute Gasteiger partial charge is 0.271 e. The Labute approximate surface area is 190 Å². The van der Waals surface area contributed by atoms with Crippen LogP contribution in [0.1, 0.15) is 44.6 Å². The van der Waals surface area contributed by atoms with E-state index in [9.17, 15) is 19.7 Å². The van der Waals surface area contributed by atoms with E-state index in [-0.39, 0.29) is 40.2 Å². The van der Waals surface area contributed by atoms with Crippen molar-refractivity contribution in [3.05, 3.63) is 74.4 Å². The molecule has 1 atom stereocenters. The number of ether oxygens (including phenoxy) is 1. The van der Waals surface area contributed by atoms with E-state index in [0.717, 1.165) is 5.56 Å². The number of methoxy groups -OCH3 is 1. The molecule has 1 unspecified atom stereocenters. The second-order valence-corrected chi connectivity index (χ2v) is 9.36. The maximum atomic E-state index is 13.4. The van der Waals surface area contributed by atoms with Gasteiger partial charge in [-0.25, -0.2) is 0 Å². The Morgan fingerprint density at radius 2 is 1.91 bits per heavy atom. The molecule has 1 aliphatic carbocycles. The lowest BCUT2D eigenvalue weighted by molar-refractivity contribution is -0.384. The van der Waals surface area contributed by atoms with Crippen molar-refractivity contribution < 1.29 is 19.2 Å². The predicted molar refractivity (Wildman–Crippen MR) is 121 cm³/mol. The number of carbonyl (C=O) groups excluding carboxylic acids is 2. The van der Waals surface area contributed by atoms with Crippen LogP contribution in [0.2, 0.25) is 5.02 Å². The van der Waals surface area contributed by atoms with Gasteiger partial charge in [0.2, 0.25) is 5.91 Å².